The van der Waals surface area contributed by atoms with E-state index in [2.05, 4.69) is 33.1 Å². The first-order chi connectivity index (χ1) is 9.16. The molecule has 0 radical (unpaired) electrons. The van der Waals surface area contributed by atoms with Crippen LogP contribution in [0.4, 0.5) is 0 Å². The third-order valence-electron chi connectivity index (χ3n) is 2.37. The highest BCUT2D eigenvalue weighted by Crippen LogP contribution is 2.11. The van der Waals surface area contributed by atoms with E-state index in [-0.39, 0.29) is 11.7 Å². The van der Waals surface area contributed by atoms with Gasteiger partial charge in [0.1, 0.15) is 5.75 Å². The molecule has 0 bridgehead atoms. The van der Waals surface area contributed by atoms with Crippen LogP contribution in [0.3, 0.4) is 0 Å². The highest BCUT2D eigenvalue weighted by molar-refractivity contribution is 14.1. The Morgan fingerprint density at radius 2 is 2.00 bits per heavy atom. The predicted octanol–water partition coefficient (Wildman–Crippen LogP) is 2.76. The SMILES string of the molecule is O=C(NN=Cc1cccc(O)c1)c1ccccc1I. The number of amides is 1. The molecular formula is C14H11IN2O2. The lowest BCUT2D eigenvalue weighted by Gasteiger charge is -2.01. The van der Waals surface area contributed by atoms with E-state index in [1.165, 1.54) is 6.21 Å². The molecule has 96 valence electrons. The maximum Gasteiger partial charge on any atom is 0.272 e. The van der Waals surface area contributed by atoms with E-state index in [9.17, 15) is 9.90 Å². The number of carbonyl (C=O) groups is 1. The highest BCUT2D eigenvalue weighted by atomic mass is 127. The van der Waals surface area contributed by atoms with E-state index in [0.717, 1.165) is 3.57 Å². The number of phenolic OH excluding ortho intramolecular Hbond substituents is 1. The molecule has 1 amide bonds. The Balaban J connectivity index is 2.03. The minimum atomic E-state index is -0.263. The fourth-order valence-electron chi connectivity index (χ4n) is 1.48. The number of nitrogens with one attached hydrogen (secondary N) is 1. The molecule has 0 spiro atoms. The van der Waals surface area contributed by atoms with Crippen LogP contribution in [-0.2, 0) is 0 Å². The van der Waals surface area contributed by atoms with Crippen molar-refractivity contribution in [1.29, 1.82) is 0 Å². The summed E-state index contributed by atoms with van der Waals surface area (Å²) in [5.41, 5.74) is 3.74. The van der Waals surface area contributed by atoms with Gasteiger partial charge in [0.05, 0.1) is 11.8 Å². The van der Waals surface area contributed by atoms with E-state index in [1.807, 2.05) is 12.1 Å². The molecule has 0 unspecified atom stereocenters. The number of hydrogen-bond acceptors (Lipinski definition) is 3. The van der Waals surface area contributed by atoms with Crippen molar-refractivity contribution in [2.45, 2.75) is 0 Å². The molecule has 4 nitrogen and oxygen atoms in total. The van der Waals surface area contributed by atoms with E-state index < -0.39 is 0 Å². The summed E-state index contributed by atoms with van der Waals surface area (Å²) < 4.78 is 0.866. The summed E-state index contributed by atoms with van der Waals surface area (Å²) in [7, 11) is 0. The average molecular weight is 366 g/mol. The van der Waals surface area contributed by atoms with Gasteiger partial charge in [-0.1, -0.05) is 24.3 Å². The normalized spacial score (nSPS) is 10.6. The quantitative estimate of drug-likeness (QED) is 0.499. The van der Waals surface area contributed by atoms with Crippen LogP contribution in [0.1, 0.15) is 15.9 Å². The number of halogens is 1. The van der Waals surface area contributed by atoms with E-state index in [1.54, 1.807) is 36.4 Å². The largest absolute Gasteiger partial charge is 0.508 e. The Bertz CT molecular complexity index is 626. The number of phenols is 1. The first-order valence-electron chi connectivity index (χ1n) is 5.54. The second kappa shape index (κ2) is 6.33. The number of aromatic hydroxyl groups is 1. The van der Waals surface area contributed by atoms with Gasteiger partial charge in [-0.05, 0) is 52.4 Å². The third kappa shape index (κ3) is 3.78. The number of hydrogen-bond donors (Lipinski definition) is 2. The predicted molar refractivity (Wildman–Crippen MR) is 82.3 cm³/mol. The van der Waals surface area contributed by atoms with Crippen LogP contribution in [-0.4, -0.2) is 17.2 Å². The topological polar surface area (TPSA) is 61.7 Å². The summed E-state index contributed by atoms with van der Waals surface area (Å²) in [6, 6.07) is 13.9. The molecule has 0 aromatic heterocycles. The maximum absolute atomic E-state index is 11.8. The average Bonchev–Trinajstić information content (AvgIpc) is 2.39. The van der Waals surface area contributed by atoms with Crippen molar-refractivity contribution in [3.05, 3.63) is 63.2 Å². The van der Waals surface area contributed by atoms with Crippen LogP contribution >= 0.6 is 22.6 Å². The summed E-state index contributed by atoms with van der Waals surface area (Å²) in [6.07, 6.45) is 1.48. The number of rotatable bonds is 3. The van der Waals surface area contributed by atoms with Crippen LogP contribution in [0.25, 0.3) is 0 Å². The second-order valence-electron chi connectivity index (χ2n) is 3.77. The smallest absolute Gasteiger partial charge is 0.272 e. The Morgan fingerprint density at radius 1 is 1.21 bits per heavy atom. The molecule has 2 aromatic rings. The first kappa shape index (κ1) is 13.5. The van der Waals surface area contributed by atoms with Crippen molar-refractivity contribution < 1.29 is 9.90 Å². The van der Waals surface area contributed by atoms with Crippen LogP contribution in [0.2, 0.25) is 0 Å². The van der Waals surface area contributed by atoms with Crippen molar-refractivity contribution in [1.82, 2.24) is 5.43 Å². The van der Waals surface area contributed by atoms with Gasteiger partial charge in [0.2, 0.25) is 0 Å². The molecule has 0 saturated carbocycles. The monoisotopic (exact) mass is 366 g/mol. The molecule has 2 rings (SSSR count). The van der Waals surface area contributed by atoms with Crippen molar-refractivity contribution in [2.75, 3.05) is 0 Å². The van der Waals surface area contributed by atoms with Crippen LogP contribution in [0.5, 0.6) is 5.75 Å². The third-order valence-corrected chi connectivity index (χ3v) is 3.31. The van der Waals surface area contributed by atoms with Gasteiger partial charge in [-0.2, -0.15) is 5.10 Å². The van der Waals surface area contributed by atoms with E-state index >= 15 is 0 Å². The van der Waals surface area contributed by atoms with Gasteiger partial charge in [0.15, 0.2) is 0 Å². The molecule has 0 aliphatic rings. The first-order valence-corrected chi connectivity index (χ1v) is 6.61. The molecule has 0 saturated heterocycles. The Morgan fingerprint density at radius 3 is 2.74 bits per heavy atom. The fourth-order valence-corrected chi connectivity index (χ4v) is 2.11. The lowest BCUT2D eigenvalue weighted by atomic mass is 10.2. The van der Waals surface area contributed by atoms with Gasteiger partial charge in [0, 0.05) is 3.57 Å². The Hall–Kier alpha value is -1.89. The zero-order valence-corrected chi connectivity index (χ0v) is 12.0. The van der Waals surface area contributed by atoms with E-state index in [4.69, 9.17) is 0 Å². The molecule has 0 aliphatic carbocycles. The summed E-state index contributed by atoms with van der Waals surface area (Å²) >= 11 is 2.10. The number of benzene rings is 2. The fraction of sp³-hybridized carbons (Fsp3) is 0. The summed E-state index contributed by atoms with van der Waals surface area (Å²) in [5, 5.41) is 13.1. The van der Waals surface area contributed by atoms with Gasteiger partial charge >= 0.3 is 0 Å². The molecule has 2 aromatic carbocycles. The minimum absolute atomic E-state index is 0.160. The zero-order chi connectivity index (χ0) is 13.7. The summed E-state index contributed by atoms with van der Waals surface area (Å²) in [6.45, 7) is 0. The second-order valence-corrected chi connectivity index (χ2v) is 4.94. The Kier molecular flexibility index (Phi) is 4.51. The summed E-state index contributed by atoms with van der Waals surface area (Å²) in [5.74, 6) is -0.103. The molecule has 0 aliphatic heterocycles. The molecular weight excluding hydrogens is 355 g/mol. The standard InChI is InChI=1S/C14H11IN2O2/c15-13-7-2-1-6-12(13)14(19)17-16-9-10-4-3-5-11(18)8-10/h1-9,18H,(H,17,19). The molecule has 19 heavy (non-hydrogen) atoms. The van der Waals surface area contributed by atoms with Crippen molar-refractivity contribution in [3.8, 4) is 5.75 Å². The van der Waals surface area contributed by atoms with Gasteiger partial charge in [-0.3, -0.25) is 4.79 Å². The minimum Gasteiger partial charge on any atom is -0.508 e. The molecule has 0 heterocycles. The zero-order valence-electron chi connectivity index (χ0n) is 9.88. The molecule has 0 fully saturated rings. The van der Waals surface area contributed by atoms with Crippen molar-refractivity contribution in [2.24, 2.45) is 5.10 Å². The van der Waals surface area contributed by atoms with Gasteiger partial charge in [-0.25, -0.2) is 5.43 Å². The highest BCUT2D eigenvalue weighted by Gasteiger charge is 2.07. The van der Waals surface area contributed by atoms with Crippen LogP contribution in [0.15, 0.2) is 53.6 Å². The Labute approximate surface area is 124 Å². The number of carbonyl (C=O) groups excluding carboxylic acids is 1. The van der Waals surface area contributed by atoms with Gasteiger partial charge in [-0.15, -0.1) is 0 Å². The van der Waals surface area contributed by atoms with E-state index in [0.29, 0.717) is 11.1 Å². The van der Waals surface area contributed by atoms with Crippen LogP contribution < -0.4 is 5.43 Å². The number of nitrogens with zero attached hydrogens (tertiary/aromatic N) is 1. The van der Waals surface area contributed by atoms with Gasteiger partial charge in [0.25, 0.3) is 5.91 Å². The molecule has 5 heteroatoms. The number of hydrazone groups is 1. The maximum atomic E-state index is 11.8. The summed E-state index contributed by atoms with van der Waals surface area (Å²) in [4.78, 5) is 11.8. The molecule has 2 N–H and O–H groups in total. The lowest BCUT2D eigenvalue weighted by Crippen LogP contribution is -2.18. The molecule has 0 atom stereocenters. The van der Waals surface area contributed by atoms with Gasteiger partial charge < -0.3 is 5.11 Å². The van der Waals surface area contributed by atoms with Crippen LogP contribution in [0, 0.1) is 3.57 Å². The lowest BCUT2D eigenvalue weighted by molar-refractivity contribution is 0.0954. The van der Waals surface area contributed by atoms with Crippen molar-refractivity contribution >= 4 is 34.7 Å². The van der Waals surface area contributed by atoms with Crippen molar-refractivity contribution in [3.63, 3.8) is 0 Å².